The van der Waals surface area contributed by atoms with Gasteiger partial charge in [-0.15, -0.1) is 5.10 Å². The molecule has 126 valence electrons. The van der Waals surface area contributed by atoms with Crippen LogP contribution in [-0.2, 0) is 11.3 Å². The highest BCUT2D eigenvalue weighted by Gasteiger charge is 2.29. The Bertz CT molecular complexity index is 742. The lowest BCUT2D eigenvalue weighted by Crippen LogP contribution is -2.42. The van der Waals surface area contributed by atoms with Crippen molar-refractivity contribution in [3.8, 4) is 0 Å². The van der Waals surface area contributed by atoms with Crippen molar-refractivity contribution in [3.05, 3.63) is 41.7 Å². The summed E-state index contributed by atoms with van der Waals surface area (Å²) in [6.07, 6.45) is 2.17. The number of rotatable bonds is 4. The molecule has 9 heteroatoms. The highest BCUT2D eigenvalue weighted by atomic mass is 19.1. The molecule has 0 unspecified atom stereocenters. The molecule has 0 spiro atoms. The molecule has 0 N–H and O–H groups in total. The van der Waals surface area contributed by atoms with Crippen molar-refractivity contribution in [3.63, 3.8) is 0 Å². The van der Waals surface area contributed by atoms with E-state index in [0.717, 1.165) is 18.2 Å². The normalized spacial score (nSPS) is 15.5. The predicted molar refractivity (Wildman–Crippen MR) is 77.8 cm³/mol. The first-order chi connectivity index (χ1) is 11.5. The van der Waals surface area contributed by atoms with E-state index in [4.69, 9.17) is 0 Å². The van der Waals surface area contributed by atoms with Gasteiger partial charge in [-0.05, 0) is 41.5 Å². The summed E-state index contributed by atoms with van der Waals surface area (Å²) in [5.74, 6) is -2.35. The molecule has 0 bridgehead atoms. The zero-order valence-electron chi connectivity index (χ0n) is 12.7. The van der Waals surface area contributed by atoms with Gasteiger partial charge in [0, 0.05) is 19.0 Å². The van der Waals surface area contributed by atoms with E-state index in [1.54, 1.807) is 4.90 Å². The van der Waals surface area contributed by atoms with Crippen molar-refractivity contribution < 1.29 is 18.4 Å². The van der Waals surface area contributed by atoms with E-state index in [1.165, 1.54) is 11.0 Å². The first-order valence-electron chi connectivity index (χ1n) is 7.52. The van der Waals surface area contributed by atoms with Gasteiger partial charge in [-0.25, -0.2) is 13.5 Å². The van der Waals surface area contributed by atoms with Crippen molar-refractivity contribution in [1.82, 2.24) is 25.1 Å². The van der Waals surface area contributed by atoms with Crippen LogP contribution in [0.25, 0.3) is 0 Å². The van der Waals surface area contributed by atoms with E-state index in [0.29, 0.717) is 25.9 Å². The summed E-state index contributed by atoms with van der Waals surface area (Å²) in [6.45, 7) is 0.798. The molecule has 2 heterocycles. The lowest BCUT2D eigenvalue weighted by molar-refractivity contribution is -0.133. The van der Waals surface area contributed by atoms with E-state index in [1.807, 2.05) is 0 Å². The molecular weight excluding hydrogens is 320 g/mol. The highest BCUT2D eigenvalue weighted by molar-refractivity contribution is 5.98. The Labute approximate surface area is 136 Å². The van der Waals surface area contributed by atoms with E-state index < -0.39 is 23.3 Å². The van der Waals surface area contributed by atoms with Crippen LogP contribution in [0, 0.1) is 17.6 Å². The quantitative estimate of drug-likeness (QED) is 0.781. The third kappa shape index (κ3) is 3.44. The minimum atomic E-state index is -0.724. The fourth-order valence-electron chi connectivity index (χ4n) is 2.79. The summed E-state index contributed by atoms with van der Waals surface area (Å²) in [7, 11) is 0. The Morgan fingerprint density at radius 3 is 2.62 bits per heavy atom. The molecule has 0 aliphatic carbocycles. The number of tetrazole rings is 1. The number of amides is 1. The first kappa shape index (κ1) is 16.2. The van der Waals surface area contributed by atoms with Crippen LogP contribution >= 0.6 is 0 Å². The standard InChI is InChI=1S/C15H15F2N5O2/c16-11-1-2-13(17)12(7-11)15(24)10-3-5-21(6-4-10)14(23)8-22-9-18-19-20-22/h1-2,7,9-10H,3-6,8H2. The average Bonchev–Trinajstić information content (AvgIpc) is 3.09. The summed E-state index contributed by atoms with van der Waals surface area (Å²) in [6, 6.07) is 2.85. The summed E-state index contributed by atoms with van der Waals surface area (Å²) >= 11 is 0. The largest absolute Gasteiger partial charge is 0.341 e. The van der Waals surface area contributed by atoms with Crippen LogP contribution in [0.4, 0.5) is 8.78 Å². The van der Waals surface area contributed by atoms with E-state index >= 15 is 0 Å². The molecule has 2 aromatic rings. The van der Waals surface area contributed by atoms with Crippen LogP contribution in [0.15, 0.2) is 24.5 Å². The first-order valence-corrected chi connectivity index (χ1v) is 7.52. The Morgan fingerprint density at radius 1 is 1.21 bits per heavy atom. The lowest BCUT2D eigenvalue weighted by Gasteiger charge is -2.31. The van der Waals surface area contributed by atoms with Gasteiger partial charge in [0.15, 0.2) is 5.78 Å². The van der Waals surface area contributed by atoms with Gasteiger partial charge in [0.1, 0.15) is 24.5 Å². The number of hydrogen-bond donors (Lipinski definition) is 0. The third-order valence-corrected chi connectivity index (χ3v) is 4.10. The number of ketones is 1. The van der Waals surface area contributed by atoms with Crippen LogP contribution in [0.5, 0.6) is 0 Å². The van der Waals surface area contributed by atoms with Crippen molar-refractivity contribution in [1.29, 1.82) is 0 Å². The molecule has 24 heavy (non-hydrogen) atoms. The number of carbonyl (C=O) groups is 2. The molecule has 1 aromatic carbocycles. The number of piperidine rings is 1. The summed E-state index contributed by atoms with van der Waals surface area (Å²) < 4.78 is 28.3. The van der Waals surface area contributed by atoms with Gasteiger partial charge >= 0.3 is 0 Å². The number of halogens is 2. The molecule has 1 saturated heterocycles. The Balaban J connectivity index is 1.59. The third-order valence-electron chi connectivity index (χ3n) is 4.10. The van der Waals surface area contributed by atoms with E-state index in [9.17, 15) is 18.4 Å². The molecule has 1 aromatic heterocycles. The molecule has 3 rings (SSSR count). The Morgan fingerprint density at radius 2 is 1.96 bits per heavy atom. The number of Topliss-reactive ketones (excluding diaryl/α,β-unsaturated/α-hetero) is 1. The zero-order chi connectivity index (χ0) is 17.1. The molecule has 1 aliphatic rings. The minimum Gasteiger partial charge on any atom is -0.341 e. The van der Waals surface area contributed by atoms with Crippen molar-refractivity contribution in [2.45, 2.75) is 19.4 Å². The van der Waals surface area contributed by atoms with Crippen molar-refractivity contribution in [2.24, 2.45) is 5.92 Å². The van der Waals surface area contributed by atoms with Gasteiger partial charge in [-0.3, -0.25) is 9.59 Å². The van der Waals surface area contributed by atoms with Crippen LogP contribution in [0.1, 0.15) is 23.2 Å². The molecule has 1 aliphatic heterocycles. The molecule has 0 radical (unpaired) electrons. The maximum atomic E-state index is 13.7. The van der Waals surface area contributed by atoms with Crippen molar-refractivity contribution >= 4 is 11.7 Å². The number of likely N-dealkylation sites (tertiary alicyclic amines) is 1. The molecule has 1 amide bonds. The van der Waals surface area contributed by atoms with Gasteiger partial charge < -0.3 is 4.90 Å². The predicted octanol–water partition coefficient (Wildman–Crippen LogP) is 1.07. The monoisotopic (exact) mass is 335 g/mol. The molecule has 0 saturated carbocycles. The summed E-state index contributed by atoms with van der Waals surface area (Å²) in [4.78, 5) is 26.1. The second-order valence-corrected chi connectivity index (χ2v) is 5.65. The van der Waals surface area contributed by atoms with Gasteiger partial charge in [-0.1, -0.05) is 0 Å². The number of carbonyl (C=O) groups excluding carboxylic acids is 2. The van der Waals surface area contributed by atoms with Crippen LogP contribution in [0.2, 0.25) is 0 Å². The van der Waals surface area contributed by atoms with Gasteiger partial charge in [-0.2, -0.15) is 0 Å². The number of hydrogen-bond acceptors (Lipinski definition) is 5. The highest BCUT2D eigenvalue weighted by Crippen LogP contribution is 2.23. The lowest BCUT2D eigenvalue weighted by atomic mass is 9.88. The van der Waals surface area contributed by atoms with E-state index in [2.05, 4.69) is 15.5 Å². The van der Waals surface area contributed by atoms with Crippen molar-refractivity contribution in [2.75, 3.05) is 13.1 Å². The minimum absolute atomic E-state index is 0.0319. The smallest absolute Gasteiger partial charge is 0.244 e. The van der Waals surface area contributed by atoms with Crippen LogP contribution in [-0.4, -0.2) is 49.9 Å². The maximum absolute atomic E-state index is 13.7. The second kappa shape index (κ2) is 6.81. The number of nitrogens with zero attached hydrogens (tertiary/aromatic N) is 5. The number of benzene rings is 1. The fourth-order valence-corrected chi connectivity index (χ4v) is 2.79. The van der Waals surface area contributed by atoms with Gasteiger partial charge in [0.05, 0.1) is 5.56 Å². The molecular formula is C15H15F2N5O2. The second-order valence-electron chi connectivity index (χ2n) is 5.65. The maximum Gasteiger partial charge on any atom is 0.244 e. The molecule has 7 nitrogen and oxygen atoms in total. The van der Waals surface area contributed by atoms with Crippen LogP contribution < -0.4 is 0 Å². The van der Waals surface area contributed by atoms with Crippen LogP contribution in [0.3, 0.4) is 0 Å². The summed E-state index contributed by atoms with van der Waals surface area (Å²) in [5, 5.41) is 10.5. The topological polar surface area (TPSA) is 81.0 Å². The van der Waals surface area contributed by atoms with E-state index in [-0.39, 0.29) is 18.0 Å². The fraction of sp³-hybridized carbons (Fsp3) is 0.400. The molecule has 0 atom stereocenters. The number of aromatic nitrogens is 4. The van der Waals surface area contributed by atoms with Gasteiger partial charge in [0.25, 0.3) is 0 Å². The molecule has 1 fully saturated rings. The van der Waals surface area contributed by atoms with Gasteiger partial charge in [0.2, 0.25) is 5.91 Å². The summed E-state index contributed by atoms with van der Waals surface area (Å²) in [5.41, 5.74) is -0.228. The zero-order valence-corrected chi connectivity index (χ0v) is 12.7. The average molecular weight is 335 g/mol. The Hall–Kier alpha value is -2.71. The Kier molecular flexibility index (Phi) is 4.59. The SMILES string of the molecule is O=C(c1cc(F)ccc1F)C1CCN(C(=O)Cn2cnnn2)CC1.